The molecular weight excluding hydrogens is 240 g/mol. The summed E-state index contributed by atoms with van der Waals surface area (Å²) in [5.74, 6) is 0. The first-order chi connectivity index (χ1) is 8.49. The van der Waals surface area contributed by atoms with Crippen LogP contribution in [0.4, 0.5) is 0 Å². The van der Waals surface area contributed by atoms with E-state index in [1.807, 2.05) is 6.92 Å². The summed E-state index contributed by atoms with van der Waals surface area (Å²) < 4.78 is 5.39. The molecule has 5 N–H and O–H groups in total. The Hall–Kier alpha value is -0.500. The Morgan fingerprint density at radius 1 is 1.17 bits per heavy atom. The van der Waals surface area contributed by atoms with Gasteiger partial charge in [0.2, 0.25) is 0 Å². The van der Waals surface area contributed by atoms with E-state index in [0.717, 1.165) is 6.42 Å². The Balaban J connectivity index is 2.28. The van der Waals surface area contributed by atoms with Crippen molar-refractivity contribution in [1.29, 1.82) is 0 Å². The second kappa shape index (κ2) is 5.24. The van der Waals surface area contributed by atoms with E-state index in [1.54, 1.807) is 0 Å². The third-order valence-corrected chi connectivity index (χ3v) is 3.70. The van der Waals surface area contributed by atoms with Crippen molar-refractivity contribution < 1.29 is 30.3 Å². The molecule has 0 fully saturated rings. The quantitative estimate of drug-likeness (QED) is 0.387. The van der Waals surface area contributed by atoms with Crippen LogP contribution in [0, 0.1) is 0 Å². The summed E-state index contributed by atoms with van der Waals surface area (Å²) in [6.45, 7) is 1.97. The van der Waals surface area contributed by atoms with Gasteiger partial charge in [-0.3, -0.25) is 0 Å². The number of aliphatic hydroxyl groups excluding tert-OH is 5. The average molecular weight is 260 g/mol. The number of hydrogen-bond acceptors (Lipinski definition) is 6. The molecule has 2 rings (SSSR count). The maximum atomic E-state index is 9.95. The lowest BCUT2D eigenvalue weighted by Crippen LogP contribution is -2.52. The average Bonchev–Trinajstić information content (AvgIpc) is 2.79. The topological polar surface area (TPSA) is 110 Å². The fraction of sp³-hybridized carbons (Fsp3) is 0.833. The van der Waals surface area contributed by atoms with Crippen molar-refractivity contribution in [3.8, 4) is 0 Å². The second-order valence-electron chi connectivity index (χ2n) is 4.94. The van der Waals surface area contributed by atoms with Gasteiger partial charge in [-0.2, -0.15) is 0 Å². The highest BCUT2D eigenvalue weighted by Gasteiger charge is 2.48. The van der Waals surface area contributed by atoms with E-state index >= 15 is 0 Å². The van der Waals surface area contributed by atoms with Gasteiger partial charge < -0.3 is 30.3 Å². The Bertz CT molecular complexity index is 341. The maximum Gasteiger partial charge on any atom is 0.113 e. The highest BCUT2D eigenvalue weighted by molar-refractivity contribution is 5.36. The zero-order valence-corrected chi connectivity index (χ0v) is 10.2. The molecule has 1 aliphatic carbocycles. The minimum absolute atomic E-state index is 0.0583. The Labute approximate surface area is 105 Å². The van der Waals surface area contributed by atoms with Gasteiger partial charge in [-0.15, -0.1) is 0 Å². The fourth-order valence-corrected chi connectivity index (χ4v) is 2.68. The van der Waals surface area contributed by atoms with Crippen molar-refractivity contribution in [3.05, 3.63) is 11.1 Å². The molecule has 0 aromatic heterocycles. The van der Waals surface area contributed by atoms with Gasteiger partial charge in [0.15, 0.2) is 0 Å². The number of hydrogen-bond donors (Lipinski definition) is 5. The predicted molar refractivity (Wildman–Crippen MR) is 61.7 cm³/mol. The van der Waals surface area contributed by atoms with Gasteiger partial charge in [0, 0.05) is 0 Å². The predicted octanol–water partition coefficient (Wildman–Crippen LogP) is -1.70. The van der Waals surface area contributed by atoms with Crippen molar-refractivity contribution in [1.82, 2.24) is 0 Å². The molecule has 1 aliphatic heterocycles. The molecule has 6 heteroatoms. The molecule has 104 valence electrons. The minimum atomic E-state index is -1.46. The van der Waals surface area contributed by atoms with E-state index in [-0.39, 0.29) is 6.61 Å². The van der Waals surface area contributed by atoms with Gasteiger partial charge in [0.1, 0.15) is 30.5 Å². The van der Waals surface area contributed by atoms with Crippen LogP contribution in [0.15, 0.2) is 11.1 Å². The van der Waals surface area contributed by atoms with Crippen LogP contribution in [0.3, 0.4) is 0 Å². The molecule has 0 bridgehead atoms. The Kier molecular flexibility index (Phi) is 4.05. The largest absolute Gasteiger partial charge is 0.390 e. The molecule has 0 aromatic rings. The third kappa shape index (κ3) is 2.09. The molecule has 0 saturated heterocycles. The molecule has 0 saturated carbocycles. The molecule has 0 radical (unpaired) electrons. The van der Waals surface area contributed by atoms with Crippen LogP contribution in [-0.2, 0) is 4.74 Å². The summed E-state index contributed by atoms with van der Waals surface area (Å²) in [5.41, 5.74) is 0.696. The Morgan fingerprint density at radius 2 is 1.78 bits per heavy atom. The zero-order valence-electron chi connectivity index (χ0n) is 10.2. The molecule has 6 atom stereocenters. The van der Waals surface area contributed by atoms with Gasteiger partial charge >= 0.3 is 0 Å². The summed E-state index contributed by atoms with van der Waals surface area (Å²) in [6.07, 6.45) is -5.69. The smallest absolute Gasteiger partial charge is 0.113 e. The van der Waals surface area contributed by atoms with Gasteiger partial charge in [-0.05, 0) is 17.6 Å². The first-order valence-corrected chi connectivity index (χ1v) is 6.23. The van der Waals surface area contributed by atoms with Crippen LogP contribution in [-0.4, -0.2) is 68.8 Å². The lowest BCUT2D eigenvalue weighted by atomic mass is 9.81. The molecular formula is C12H20O6. The van der Waals surface area contributed by atoms with Crippen LogP contribution in [0.1, 0.15) is 19.8 Å². The highest BCUT2D eigenvalue weighted by atomic mass is 16.5. The van der Waals surface area contributed by atoms with Crippen molar-refractivity contribution >= 4 is 0 Å². The lowest BCUT2D eigenvalue weighted by molar-refractivity contribution is -0.0988. The van der Waals surface area contributed by atoms with E-state index in [9.17, 15) is 25.5 Å². The van der Waals surface area contributed by atoms with E-state index in [4.69, 9.17) is 4.74 Å². The van der Waals surface area contributed by atoms with Crippen molar-refractivity contribution in [3.63, 3.8) is 0 Å². The molecule has 2 aliphatic rings. The van der Waals surface area contributed by atoms with Crippen LogP contribution in [0.5, 0.6) is 0 Å². The van der Waals surface area contributed by atoms with E-state index in [2.05, 4.69) is 0 Å². The highest BCUT2D eigenvalue weighted by Crippen LogP contribution is 2.36. The second-order valence-corrected chi connectivity index (χ2v) is 4.94. The van der Waals surface area contributed by atoms with Crippen LogP contribution in [0.25, 0.3) is 0 Å². The normalized spacial score (nSPS) is 42.0. The number of rotatable bonds is 3. The molecule has 1 heterocycles. The molecule has 18 heavy (non-hydrogen) atoms. The van der Waals surface area contributed by atoms with Gasteiger partial charge in [-0.25, -0.2) is 0 Å². The van der Waals surface area contributed by atoms with E-state index < -0.39 is 36.6 Å². The summed E-state index contributed by atoms with van der Waals surface area (Å²) in [6, 6.07) is 0. The monoisotopic (exact) mass is 260 g/mol. The SMILES string of the molecule is CCC[C@@H](O)[C@@H]1OCC2=C1[C@@H](O)[C@@H](O)[C@@H](O)[C@H]2O. The molecule has 0 spiro atoms. The summed E-state index contributed by atoms with van der Waals surface area (Å²) in [4.78, 5) is 0. The van der Waals surface area contributed by atoms with E-state index in [1.165, 1.54) is 0 Å². The summed E-state index contributed by atoms with van der Waals surface area (Å²) in [7, 11) is 0. The first-order valence-electron chi connectivity index (χ1n) is 6.23. The van der Waals surface area contributed by atoms with Gasteiger partial charge in [-0.1, -0.05) is 13.3 Å². The summed E-state index contributed by atoms with van der Waals surface area (Å²) >= 11 is 0. The van der Waals surface area contributed by atoms with Crippen LogP contribution >= 0.6 is 0 Å². The standard InChI is InChI=1S/C12H20O6/c1-2-3-6(13)12-7-5(4-18-12)8(14)10(16)11(17)9(7)15/h6,8-17H,2-4H2,1H3/t6-,8+,9-,10+,11-,12+/m1/s1. The molecule has 6 nitrogen and oxygen atoms in total. The third-order valence-electron chi connectivity index (χ3n) is 3.70. The van der Waals surface area contributed by atoms with Crippen LogP contribution in [0.2, 0.25) is 0 Å². The minimum Gasteiger partial charge on any atom is -0.390 e. The maximum absolute atomic E-state index is 9.95. The molecule has 0 amide bonds. The van der Waals surface area contributed by atoms with Crippen molar-refractivity contribution in [2.75, 3.05) is 6.61 Å². The van der Waals surface area contributed by atoms with Gasteiger partial charge in [0.05, 0.1) is 12.7 Å². The van der Waals surface area contributed by atoms with Crippen molar-refractivity contribution in [2.24, 2.45) is 0 Å². The Morgan fingerprint density at radius 3 is 2.39 bits per heavy atom. The lowest BCUT2D eigenvalue weighted by Gasteiger charge is -2.35. The fourth-order valence-electron chi connectivity index (χ4n) is 2.68. The number of aliphatic hydroxyl groups is 5. The van der Waals surface area contributed by atoms with Crippen LogP contribution < -0.4 is 0 Å². The van der Waals surface area contributed by atoms with E-state index in [0.29, 0.717) is 17.6 Å². The zero-order chi connectivity index (χ0) is 13.4. The van der Waals surface area contributed by atoms with Crippen molar-refractivity contribution in [2.45, 2.75) is 56.4 Å². The molecule has 0 unspecified atom stereocenters. The van der Waals surface area contributed by atoms with Gasteiger partial charge in [0.25, 0.3) is 0 Å². The summed E-state index contributed by atoms with van der Waals surface area (Å²) in [5, 5.41) is 49.0. The molecule has 0 aromatic carbocycles. The number of ether oxygens (including phenoxy) is 1. The first kappa shape index (κ1) is 13.9.